The first-order valence-corrected chi connectivity index (χ1v) is 12.9. The maximum atomic E-state index is 8.12. The predicted molar refractivity (Wildman–Crippen MR) is 140 cm³/mol. The molecule has 0 fully saturated rings. The van der Waals surface area contributed by atoms with Crippen molar-refractivity contribution in [1.29, 1.82) is 0 Å². The molecule has 0 N–H and O–H groups in total. The number of pyridine rings is 1. The highest BCUT2D eigenvalue weighted by Crippen LogP contribution is 2.41. The van der Waals surface area contributed by atoms with Gasteiger partial charge in [0.05, 0.1) is 37.4 Å². The summed E-state index contributed by atoms with van der Waals surface area (Å²) < 4.78 is 4.85. The van der Waals surface area contributed by atoms with Crippen LogP contribution in [0.4, 0.5) is 0 Å². The lowest BCUT2D eigenvalue weighted by Gasteiger charge is -2.05. The molecule has 7 nitrogen and oxygen atoms in total. The Bertz CT molecular complexity index is 1530. The molecule has 178 valence electrons. The summed E-state index contributed by atoms with van der Waals surface area (Å²) in [6.07, 6.45) is 6.10. The molecule has 5 rings (SSSR count). The van der Waals surface area contributed by atoms with E-state index in [1.807, 2.05) is 65.0 Å². The smallest absolute Gasteiger partial charge is 0.240 e. The standard InChI is InChI=1S/C23H19Cl2N5S2.CO2/c1-13(2)31-22-21(15-7-8-18(24)19(25)10-15)27-23(32-22)30-12-17(14(3)28-30)16-11-26-29-9-5-4-6-20(16)29;2-1-3/h4-13H,1-3H3;. The first-order valence-electron chi connectivity index (χ1n) is 10.4. The quantitative estimate of drug-likeness (QED) is 0.225. The van der Waals surface area contributed by atoms with Crippen LogP contribution in [0.2, 0.25) is 10.0 Å². The molecule has 5 aromatic rings. The van der Waals surface area contributed by atoms with Gasteiger partial charge in [0.2, 0.25) is 5.13 Å². The Hall–Kier alpha value is -2.94. The molecule has 0 bridgehead atoms. The van der Waals surface area contributed by atoms with E-state index in [9.17, 15) is 0 Å². The van der Waals surface area contributed by atoms with Gasteiger partial charge in [0.1, 0.15) is 0 Å². The average Bonchev–Trinajstić information content (AvgIpc) is 3.52. The lowest BCUT2D eigenvalue weighted by molar-refractivity contribution is -0.191. The Kier molecular flexibility index (Phi) is 7.74. The van der Waals surface area contributed by atoms with Gasteiger partial charge in [0.25, 0.3) is 0 Å². The van der Waals surface area contributed by atoms with Gasteiger partial charge in [0.15, 0.2) is 0 Å². The first-order chi connectivity index (χ1) is 16.8. The third kappa shape index (κ3) is 5.34. The van der Waals surface area contributed by atoms with Crippen molar-refractivity contribution in [2.45, 2.75) is 30.2 Å². The lowest BCUT2D eigenvalue weighted by atomic mass is 10.1. The Labute approximate surface area is 219 Å². The van der Waals surface area contributed by atoms with Gasteiger partial charge in [-0.1, -0.05) is 60.5 Å². The molecule has 0 aliphatic rings. The normalized spacial score (nSPS) is 10.9. The van der Waals surface area contributed by atoms with Gasteiger partial charge in [-0.2, -0.15) is 19.8 Å². The summed E-state index contributed by atoms with van der Waals surface area (Å²) in [4.78, 5) is 21.2. The molecule has 4 aromatic heterocycles. The van der Waals surface area contributed by atoms with Gasteiger partial charge in [0, 0.05) is 34.3 Å². The molecule has 0 saturated carbocycles. The molecule has 0 aliphatic heterocycles. The molecule has 0 amide bonds. The van der Waals surface area contributed by atoms with Crippen LogP contribution in [-0.2, 0) is 9.59 Å². The minimum Gasteiger partial charge on any atom is -0.240 e. The zero-order valence-corrected chi connectivity index (χ0v) is 22.0. The summed E-state index contributed by atoms with van der Waals surface area (Å²) in [5.41, 5.74) is 5.89. The van der Waals surface area contributed by atoms with E-state index in [4.69, 9.17) is 42.9 Å². The highest BCUT2D eigenvalue weighted by atomic mass is 35.5. The van der Waals surface area contributed by atoms with E-state index >= 15 is 0 Å². The summed E-state index contributed by atoms with van der Waals surface area (Å²) >= 11 is 15.8. The molecule has 0 saturated heterocycles. The zero-order valence-electron chi connectivity index (χ0n) is 18.9. The lowest BCUT2D eigenvalue weighted by Crippen LogP contribution is -1.94. The molecule has 0 spiro atoms. The number of aromatic nitrogens is 5. The zero-order chi connectivity index (χ0) is 25.1. The van der Waals surface area contributed by atoms with E-state index in [2.05, 4.69) is 25.0 Å². The number of aryl methyl sites for hydroxylation is 1. The Balaban J connectivity index is 0.000000917. The second-order valence-corrected chi connectivity index (χ2v) is 11.3. The number of benzene rings is 1. The maximum Gasteiger partial charge on any atom is 0.373 e. The number of hydrogen-bond donors (Lipinski definition) is 0. The molecule has 0 unspecified atom stereocenters. The number of nitrogens with zero attached hydrogens (tertiary/aromatic N) is 5. The van der Waals surface area contributed by atoms with Crippen molar-refractivity contribution in [3.05, 3.63) is 70.7 Å². The van der Waals surface area contributed by atoms with Gasteiger partial charge in [-0.15, -0.1) is 11.8 Å². The topological polar surface area (TPSA) is 82.2 Å². The second kappa shape index (κ2) is 10.8. The molecule has 0 aliphatic carbocycles. The third-order valence-corrected chi connectivity index (χ3v) is 7.93. The fourth-order valence-electron chi connectivity index (χ4n) is 3.48. The van der Waals surface area contributed by atoms with Crippen LogP contribution in [0.5, 0.6) is 0 Å². The van der Waals surface area contributed by atoms with Crippen molar-refractivity contribution in [3.63, 3.8) is 0 Å². The third-order valence-electron chi connectivity index (χ3n) is 4.93. The summed E-state index contributed by atoms with van der Waals surface area (Å²) in [5, 5.41) is 11.5. The van der Waals surface area contributed by atoms with Crippen LogP contribution >= 0.6 is 46.3 Å². The largest absolute Gasteiger partial charge is 0.373 e. The summed E-state index contributed by atoms with van der Waals surface area (Å²) in [6, 6.07) is 11.7. The number of rotatable bonds is 5. The first kappa shape index (κ1) is 25.2. The molecular formula is C24H19Cl2N5O2S2. The van der Waals surface area contributed by atoms with Gasteiger partial charge >= 0.3 is 6.15 Å². The van der Waals surface area contributed by atoms with Gasteiger partial charge in [-0.3, -0.25) is 0 Å². The van der Waals surface area contributed by atoms with E-state index in [-0.39, 0.29) is 6.15 Å². The molecule has 0 radical (unpaired) electrons. The number of thioether (sulfide) groups is 1. The Morgan fingerprint density at radius 1 is 1.09 bits per heavy atom. The van der Waals surface area contributed by atoms with E-state index in [1.54, 1.807) is 23.1 Å². The van der Waals surface area contributed by atoms with Crippen molar-refractivity contribution in [2.75, 3.05) is 0 Å². The van der Waals surface area contributed by atoms with Crippen LogP contribution in [0, 0.1) is 6.92 Å². The monoisotopic (exact) mass is 543 g/mol. The van der Waals surface area contributed by atoms with Crippen molar-refractivity contribution in [3.8, 4) is 27.5 Å². The summed E-state index contributed by atoms with van der Waals surface area (Å²) in [7, 11) is 0. The van der Waals surface area contributed by atoms with Crippen molar-refractivity contribution in [1.82, 2.24) is 24.4 Å². The predicted octanol–water partition coefficient (Wildman–Crippen LogP) is 6.84. The molecular weight excluding hydrogens is 525 g/mol. The second-order valence-electron chi connectivity index (χ2n) is 7.67. The Morgan fingerprint density at radius 2 is 1.86 bits per heavy atom. The van der Waals surface area contributed by atoms with Crippen LogP contribution < -0.4 is 0 Å². The fraction of sp³-hybridized carbons (Fsp3) is 0.167. The van der Waals surface area contributed by atoms with Gasteiger partial charge in [-0.05, 0) is 31.2 Å². The van der Waals surface area contributed by atoms with E-state index in [1.165, 1.54) is 0 Å². The van der Waals surface area contributed by atoms with E-state index in [0.29, 0.717) is 15.3 Å². The van der Waals surface area contributed by atoms with Crippen molar-refractivity contribution in [2.24, 2.45) is 0 Å². The van der Waals surface area contributed by atoms with Crippen LogP contribution in [0.3, 0.4) is 0 Å². The van der Waals surface area contributed by atoms with Crippen LogP contribution in [0.25, 0.3) is 33.0 Å². The minimum atomic E-state index is 0.250. The maximum absolute atomic E-state index is 8.12. The van der Waals surface area contributed by atoms with Crippen LogP contribution in [0.1, 0.15) is 19.5 Å². The molecule has 4 heterocycles. The SMILES string of the molecule is Cc1nn(-c2nc(-c3ccc(Cl)c(Cl)c3)c(SC(C)C)s2)cc1-c1cnn2ccccc12.O=C=O. The molecule has 35 heavy (non-hydrogen) atoms. The van der Waals surface area contributed by atoms with E-state index in [0.717, 1.165) is 42.9 Å². The minimum absolute atomic E-state index is 0.250. The molecule has 11 heteroatoms. The fourth-order valence-corrected chi connectivity index (χ4v) is 6.22. The van der Waals surface area contributed by atoms with Crippen molar-refractivity contribution >= 4 is 58.0 Å². The highest BCUT2D eigenvalue weighted by Gasteiger charge is 2.20. The molecule has 1 aromatic carbocycles. The number of fused-ring (bicyclic) bond motifs is 1. The van der Waals surface area contributed by atoms with E-state index < -0.39 is 0 Å². The van der Waals surface area contributed by atoms with Crippen LogP contribution in [0.15, 0.2) is 59.2 Å². The van der Waals surface area contributed by atoms with Gasteiger partial charge in [-0.25, -0.2) is 14.2 Å². The number of hydrogen-bond acceptors (Lipinski definition) is 7. The number of halogens is 2. The number of carbonyl (C=O) groups excluding carboxylic acids is 2. The summed E-state index contributed by atoms with van der Waals surface area (Å²) in [5.74, 6) is 0. The van der Waals surface area contributed by atoms with Crippen molar-refractivity contribution < 1.29 is 9.59 Å². The van der Waals surface area contributed by atoms with Gasteiger partial charge < -0.3 is 0 Å². The Morgan fingerprint density at radius 3 is 2.57 bits per heavy atom. The molecule has 0 atom stereocenters. The summed E-state index contributed by atoms with van der Waals surface area (Å²) in [6.45, 7) is 6.35. The highest BCUT2D eigenvalue weighted by molar-refractivity contribution is 8.01. The average molecular weight is 544 g/mol. The number of thiazole rings is 1. The van der Waals surface area contributed by atoms with Crippen LogP contribution in [-0.4, -0.2) is 35.8 Å².